The molecule has 3 saturated carbocycles. The summed E-state index contributed by atoms with van der Waals surface area (Å²) in [6, 6.07) is 11.4. The van der Waals surface area contributed by atoms with Crippen molar-refractivity contribution in [2.75, 3.05) is 12.4 Å². The number of nitrogens with one attached hydrogen (secondary N) is 2. The fraction of sp³-hybridized carbons (Fsp3) is 0.483. The number of methoxy groups -OCH3 is 1. The number of rotatable bonds is 8. The van der Waals surface area contributed by atoms with Crippen LogP contribution in [0.4, 0.5) is 10.1 Å². The summed E-state index contributed by atoms with van der Waals surface area (Å²) < 4.78 is 26.1. The van der Waals surface area contributed by atoms with Crippen LogP contribution in [0.15, 0.2) is 42.5 Å². The van der Waals surface area contributed by atoms with Crippen molar-refractivity contribution in [1.82, 2.24) is 5.32 Å². The van der Waals surface area contributed by atoms with Gasteiger partial charge in [-0.2, -0.15) is 0 Å². The Hall–Kier alpha value is -3.62. The second kappa shape index (κ2) is 11.0. The normalized spacial score (nSPS) is 27.9. The molecule has 3 aliphatic carbocycles. The molecular weight excluding hydrogens is 491 g/mol. The zero-order valence-corrected chi connectivity index (χ0v) is 21.3. The lowest BCUT2D eigenvalue weighted by molar-refractivity contribution is -0.143. The van der Waals surface area contributed by atoms with E-state index in [4.69, 9.17) is 9.47 Å². The first-order chi connectivity index (χ1) is 18.3. The summed E-state index contributed by atoms with van der Waals surface area (Å²) in [5.41, 5.74) is 0.845. The molecule has 2 aromatic rings. The zero-order chi connectivity index (χ0) is 26.8. The number of para-hydroxylation sites is 1. The minimum absolute atomic E-state index is 0.0685. The molecule has 0 heterocycles. The molecule has 2 aromatic carbocycles. The summed E-state index contributed by atoms with van der Waals surface area (Å²) in [6.45, 7) is 0. The molecule has 3 aliphatic rings. The maximum Gasteiger partial charge on any atom is 0.306 e. The summed E-state index contributed by atoms with van der Waals surface area (Å²) in [5.74, 6) is -2.40. The average molecular weight is 525 g/mol. The number of amides is 2. The van der Waals surface area contributed by atoms with E-state index in [2.05, 4.69) is 10.6 Å². The standard InChI is InChI=1S/C29H33FN2O6/c1-37-23-15-22(30)24(38-20-11-9-16(10-12-20)29(35)36)14-21(23)27(33)32-26-18-8-7-17(13-18)25(26)28(34)31-19-5-3-2-4-6-19/h2-6,14-18,20,25-26H,7-13H2,1H3,(H,31,34)(H,32,33)(H,35,36)/t16-,17-,18+,20+,25+,26-/m1/s1. The monoisotopic (exact) mass is 524 g/mol. The largest absolute Gasteiger partial charge is 0.496 e. The Morgan fingerprint density at radius 3 is 2.34 bits per heavy atom. The van der Waals surface area contributed by atoms with Crippen LogP contribution in [0.2, 0.25) is 0 Å². The van der Waals surface area contributed by atoms with Crippen LogP contribution in [-0.4, -0.2) is 42.1 Å². The molecule has 0 radical (unpaired) electrons. The molecule has 8 nitrogen and oxygen atoms in total. The quantitative estimate of drug-likeness (QED) is 0.464. The number of carboxylic acids is 1. The molecule has 0 unspecified atom stereocenters. The zero-order valence-electron chi connectivity index (χ0n) is 21.3. The average Bonchev–Trinajstić information content (AvgIpc) is 3.52. The van der Waals surface area contributed by atoms with Gasteiger partial charge in [0.15, 0.2) is 11.6 Å². The number of benzene rings is 2. The molecule has 2 amide bonds. The van der Waals surface area contributed by atoms with E-state index in [0.29, 0.717) is 31.4 Å². The molecule has 3 fully saturated rings. The first-order valence-electron chi connectivity index (χ1n) is 13.3. The van der Waals surface area contributed by atoms with Gasteiger partial charge in [0.2, 0.25) is 5.91 Å². The highest BCUT2D eigenvalue weighted by Gasteiger charge is 2.51. The van der Waals surface area contributed by atoms with E-state index in [-0.39, 0.29) is 52.9 Å². The summed E-state index contributed by atoms with van der Waals surface area (Å²) in [5, 5.41) is 15.3. The fourth-order valence-corrected chi connectivity index (χ4v) is 6.43. The van der Waals surface area contributed by atoms with Crippen molar-refractivity contribution in [3.05, 3.63) is 53.8 Å². The van der Waals surface area contributed by atoms with Gasteiger partial charge >= 0.3 is 5.97 Å². The van der Waals surface area contributed by atoms with E-state index >= 15 is 0 Å². The number of fused-ring (bicyclic) bond motifs is 2. The Kier molecular flexibility index (Phi) is 7.53. The van der Waals surface area contributed by atoms with Crippen LogP contribution in [0.1, 0.15) is 55.3 Å². The van der Waals surface area contributed by atoms with Crippen molar-refractivity contribution in [2.45, 2.75) is 57.1 Å². The maximum absolute atomic E-state index is 14.9. The van der Waals surface area contributed by atoms with Crippen LogP contribution >= 0.6 is 0 Å². The lowest BCUT2D eigenvalue weighted by atomic mass is 9.83. The van der Waals surface area contributed by atoms with E-state index in [0.717, 1.165) is 25.3 Å². The smallest absolute Gasteiger partial charge is 0.306 e. The van der Waals surface area contributed by atoms with Crippen LogP contribution in [-0.2, 0) is 9.59 Å². The van der Waals surface area contributed by atoms with E-state index in [1.807, 2.05) is 30.3 Å². The summed E-state index contributed by atoms with van der Waals surface area (Å²) in [7, 11) is 1.37. The van der Waals surface area contributed by atoms with Crippen molar-refractivity contribution in [3.63, 3.8) is 0 Å². The Morgan fingerprint density at radius 1 is 0.947 bits per heavy atom. The summed E-state index contributed by atoms with van der Waals surface area (Å²) in [6.07, 6.45) is 4.35. The molecule has 5 rings (SSSR count). The first-order valence-corrected chi connectivity index (χ1v) is 13.3. The predicted molar refractivity (Wildman–Crippen MR) is 138 cm³/mol. The topological polar surface area (TPSA) is 114 Å². The number of carboxylic acid groups (broad SMARTS) is 1. The van der Waals surface area contributed by atoms with Crippen molar-refractivity contribution in [2.24, 2.45) is 23.7 Å². The molecule has 38 heavy (non-hydrogen) atoms. The third-order valence-corrected chi connectivity index (χ3v) is 8.37. The van der Waals surface area contributed by atoms with E-state index < -0.39 is 23.6 Å². The Labute approximate surface area is 220 Å². The number of ether oxygens (including phenoxy) is 2. The Morgan fingerprint density at radius 2 is 1.66 bits per heavy atom. The van der Waals surface area contributed by atoms with Gasteiger partial charge in [-0.3, -0.25) is 14.4 Å². The Balaban J connectivity index is 1.31. The van der Waals surface area contributed by atoms with Gasteiger partial charge in [-0.15, -0.1) is 0 Å². The summed E-state index contributed by atoms with van der Waals surface area (Å²) >= 11 is 0. The molecule has 3 N–H and O–H groups in total. The molecule has 202 valence electrons. The molecule has 0 aliphatic heterocycles. The Bertz CT molecular complexity index is 1200. The van der Waals surface area contributed by atoms with Crippen molar-refractivity contribution >= 4 is 23.5 Å². The third-order valence-electron chi connectivity index (χ3n) is 8.37. The van der Waals surface area contributed by atoms with Gasteiger partial charge in [0.05, 0.1) is 30.6 Å². The van der Waals surface area contributed by atoms with Crippen molar-refractivity contribution < 1.29 is 33.4 Å². The van der Waals surface area contributed by atoms with Gasteiger partial charge in [-0.1, -0.05) is 18.2 Å². The van der Waals surface area contributed by atoms with Gasteiger partial charge in [0.1, 0.15) is 5.75 Å². The second-order valence-corrected chi connectivity index (χ2v) is 10.6. The minimum Gasteiger partial charge on any atom is -0.496 e. The SMILES string of the molecule is COc1cc(F)c(O[C@H]2CC[C@@H](C(=O)O)CC2)cc1C(=O)N[C@@H]1[C@H]2CC[C@H](C2)[C@@H]1C(=O)Nc1ccccc1. The predicted octanol–water partition coefficient (Wildman–Crippen LogP) is 4.64. The number of halogens is 1. The number of carbonyl (C=O) groups excluding carboxylic acids is 2. The number of carbonyl (C=O) groups is 3. The van der Waals surface area contributed by atoms with Crippen LogP contribution < -0.4 is 20.1 Å². The number of hydrogen-bond donors (Lipinski definition) is 3. The maximum atomic E-state index is 14.9. The third kappa shape index (κ3) is 5.33. The summed E-state index contributed by atoms with van der Waals surface area (Å²) in [4.78, 5) is 38.0. The van der Waals surface area contributed by atoms with Crippen molar-refractivity contribution in [3.8, 4) is 11.5 Å². The van der Waals surface area contributed by atoms with Gasteiger partial charge in [0.25, 0.3) is 5.91 Å². The fourth-order valence-electron chi connectivity index (χ4n) is 6.43. The molecule has 0 saturated heterocycles. The van der Waals surface area contributed by atoms with Crippen molar-refractivity contribution in [1.29, 1.82) is 0 Å². The highest BCUT2D eigenvalue weighted by Crippen LogP contribution is 2.49. The van der Waals surface area contributed by atoms with Gasteiger partial charge in [0, 0.05) is 17.8 Å². The lowest BCUT2D eigenvalue weighted by Crippen LogP contribution is -2.48. The van der Waals surface area contributed by atoms with E-state index in [1.165, 1.54) is 13.2 Å². The van der Waals surface area contributed by atoms with E-state index in [1.54, 1.807) is 0 Å². The first kappa shape index (κ1) is 26.0. The van der Waals surface area contributed by atoms with Gasteiger partial charge < -0.3 is 25.2 Å². The molecule has 2 bridgehead atoms. The molecular formula is C29H33FN2O6. The molecule has 0 spiro atoms. The number of anilines is 1. The molecule has 4 atom stereocenters. The van der Waals surface area contributed by atoms with Crippen LogP contribution in [0.25, 0.3) is 0 Å². The molecule has 9 heteroatoms. The highest BCUT2D eigenvalue weighted by atomic mass is 19.1. The lowest BCUT2D eigenvalue weighted by Gasteiger charge is -2.31. The van der Waals surface area contributed by atoms with Crippen LogP contribution in [0, 0.1) is 29.5 Å². The van der Waals surface area contributed by atoms with Crippen LogP contribution in [0.5, 0.6) is 11.5 Å². The molecule has 0 aromatic heterocycles. The number of aliphatic carboxylic acids is 1. The van der Waals surface area contributed by atoms with Gasteiger partial charge in [-0.05, 0) is 75.0 Å². The van der Waals surface area contributed by atoms with E-state index in [9.17, 15) is 23.9 Å². The van der Waals surface area contributed by atoms with Gasteiger partial charge in [-0.25, -0.2) is 4.39 Å². The highest BCUT2D eigenvalue weighted by molar-refractivity contribution is 5.99. The minimum atomic E-state index is -0.825. The van der Waals surface area contributed by atoms with Crippen LogP contribution in [0.3, 0.4) is 0 Å². The number of hydrogen-bond acceptors (Lipinski definition) is 5. The second-order valence-electron chi connectivity index (χ2n) is 10.6.